The van der Waals surface area contributed by atoms with Crippen molar-refractivity contribution >= 4 is 28.5 Å². The molecule has 20 heavy (non-hydrogen) atoms. The Labute approximate surface area is 118 Å². The Hall–Kier alpha value is -1.98. The van der Waals surface area contributed by atoms with Crippen molar-refractivity contribution in [1.29, 1.82) is 0 Å². The molecule has 0 saturated heterocycles. The van der Waals surface area contributed by atoms with E-state index in [9.17, 15) is 14.3 Å². The Morgan fingerprint density at radius 3 is 2.65 bits per heavy atom. The van der Waals surface area contributed by atoms with E-state index in [0.29, 0.717) is 10.5 Å². The smallest absolute Gasteiger partial charge is 0.342 e. The number of esters is 1. The molecule has 2 aromatic rings. The summed E-state index contributed by atoms with van der Waals surface area (Å²) in [5.41, 5.74) is 0.525. The fourth-order valence-corrected chi connectivity index (χ4v) is 3.17. The summed E-state index contributed by atoms with van der Waals surface area (Å²) >= 11 is 1.36. The maximum atomic E-state index is 14.0. The molecule has 0 fully saturated rings. The van der Waals surface area contributed by atoms with Gasteiger partial charge in [0.05, 0.1) is 11.1 Å². The van der Waals surface area contributed by atoms with Crippen molar-refractivity contribution in [3.05, 3.63) is 58.0 Å². The second-order valence-electron chi connectivity index (χ2n) is 4.58. The summed E-state index contributed by atoms with van der Waals surface area (Å²) in [6, 6.07) is 9.51. The molecule has 2 heterocycles. The van der Waals surface area contributed by atoms with E-state index in [0.717, 1.165) is 0 Å². The van der Waals surface area contributed by atoms with Crippen LogP contribution >= 0.6 is 11.3 Å². The predicted molar refractivity (Wildman–Crippen MR) is 74.2 cm³/mol. The molecule has 1 aliphatic rings. The van der Waals surface area contributed by atoms with Crippen molar-refractivity contribution < 1.29 is 19.0 Å². The normalized spacial score (nSPS) is 22.2. The van der Waals surface area contributed by atoms with Crippen LogP contribution < -0.4 is 0 Å². The lowest BCUT2D eigenvalue weighted by Gasteiger charge is -2.18. The molecule has 0 aliphatic carbocycles. The van der Waals surface area contributed by atoms with Crippen LogP contribution in [0.15, 0.2) is 41.8 Å². The molecule has 0 bridgehead atoms. The van der Waals surface area contributed by atoms with Crippen LogP contribution in [0.2, 0.25) is 0 Å². The second kappa shape index (κ2) is 4.54. The van der Waals surface area contributed by atoms with Gasteiger partial charge in [-0.15, -0.1) is 11.3 Å². The van der Waals surface area contributed by atoms with E-state index in [1.165, 1.54) is 30.4 Å². The summed E-state index contributed by atoms with van der Waals surface area (Å²) in [4.78, 5) is 12.7. The highest BCUT2D eigenvalue weighted by molar-refractivity contribution is 7.11. The first kappa shape index (κ1) is 13.0. The zero-order valence-corrected chi connectivity index (χ0v) is 11.4. The van der Waals surface area contributed by atoms with Crippen molar-refractivity contribution in [3.63, 3.8) is 0 Å². The van der Waals surface area contributed by atoms with Gasteiger partial charge < -0.3 is 9.84 Å². The number of carbonyl (C=O) groups is 1. The van der Waals surface area contributed by atoms with E-state index in [1.54, 1.807) is 24.3 Å². The first-order valence-electron chi connectivity index (χ1n) is 6.00. The minimum absolute atomic E-state index is 0.0792. The lowest BCUT2D eigenvalue weighted by atomic mass is 9.96. The van der Waals surface area contributed by atoms with Crippen LogP contribution in [0.3, 0.4) is 0 Å². The fourth-order valence-electron chi connectivity index (χ4n) is 2.30. The van der Waals surface area contributed by atoms with Gasteiger partial charge in [-0.25, -0.2) is 9.18 Å². The lowest BCUT2D eigenvalue weighted by Crippen LogP contribution is -2.25. The Morgan fingerprint density at radius 2 is 2.00 bits per heavy atom. The Kier molecular flexibility index (Phi) is 2.96. The molecule has 1 unspecified atom stereocenters. The van der Waals surface area contributed by atoms with Gasteiger partial charge in [-0.1, -0.05) is 24.3 Å². The zero-order chi connectivity index (χ0) is 14.3. The van der Waals surface area contributed by atoms with Crippen molar-refractivity contribution in [1.82, 2.24) is 0 Å². The first-order valence-corrected chi connectivity index (χ1v) is 6.88. The SMILES string of the molecule is CC1(O)OC(=O)C(c2ccccc2F)=C1c1cccs1. The van der Waals surface area contributed by atoms with E-state index in [-0.39, 0.29) is 11.1 Å². The highest BCUT2D eigenvalue weighted by Crippen LogP contribution is 2.44. The zero-order valence-electron chi connectivity index (χ0n) is 10.6. The van der Waals surface area contributed by atoms with Crippen LogP contribution in [0.4, 0.5) is 4.39 Å². The minimum atomic E-state index is -1.75. The highest BCUT2D eigenvalue weighted by Gasteiger charge is 2.44. The van der Waals surface area contributed by atoms with Gasteiger partial charge in [0, 0.05) is 17.4 Å². The molecule has 1 N–H and O–H groups in total. The summed E-state index contributed by atoms with van der Waals surface area (Å²) in [5, 5.41) is 12.1. The van der Waals surface area contributed by atoms with Crippen molar-refractivity contribution in [2.45, 2.75) is 12.7 Å². The highest BCUT2D eigenvalue weighted by atomic mass is 32.1. The average Bonchev–Trinajstić information content (AvgIpc) is 2.95. The monoisotopic (exact) mass is 290 g/mol. The van der Waals surface area contributed by atoms with Gasteiger partial charge in [-0.2, -0.15) is 0 Å². The van der Waals surface area contributed by atoms with Crippen LogP contribution in [-0.2, 0) is 9.53 Å². The van der Waals surface area contributed by atoms with Crippen molar-refractivity contribution in [2.75, 3.05) is 0 Å². The molecule has 0 amide bonds. The number of thiophene rings is 1. The lowest BCUT2D eigenvalue weighted by molar-refractivity contribution is -0.169. The van der Waals surface area contributed by atoms with Crippen LogP contribution in [0.25, 0.3) is 11.1 Å². The standard InChI is InChI=1S/C15H11FO3S/c1-15(18)13(11-7-4-8-20-11)12(14(17)19-15)9-5-2-3-6-10(9)16/h2-8,18H,1H3. The van der Waals surface area contributed by atoms with Crippen LogP contribution in [0.1, 0.15) is 17.4 Å². The number of hydrogen-bond acceptors (Lipinski definition) is 4. The summed E-state index contributed by atoms with van der Waals surface area (Å²) in [5.74, 6) is -2.99. The molecule has 3 nitrogen and oxygen atoms in total. The van der Waals surface area contributed by atoms with Crippen molar-refractivity contribution in [2.24, 2.45) is 0 Å². The van der Waals surface area contributed by atoms with Gasteiger partial charge in [0.25, 0.3) is 0 Å². The topological polar surface area (TPSA) is 46.5 Å². The van der Waals surface area contributed by atoms with Gasteiger partial charge >= 0.3 is 5.97 Å². The summed E-state index contributed by atoms with van der Waals surface area (Å²) < 4.78 is 19.0. The maximum Gasteiger partial charge on any atom is 0.342 e. The van der Waals surface area contributed by atoms with Crippen LogP contribution in [-0.4, -0.2) is 16.9 Å². The van der Waals surface area contributed by atoms with Gasteiger partial charge in [-0.3, -0.25) is 0 Å². The summed E-state index contributed by atoms with van der Waals surface area (Å²) in [7, 11) is 0. The molecule has 1 atom stereocenters. The maximum absolute atomic E-state index is 14.0. The number of rotatable bonds is 2. The molecule has 5 heteroatoms. The third-order valence-electron chi connectivity index (χ3n) is 3.12. The molecule has 102 valence electrons. The number of hydrogen-bond donors (Lipinski definition) is 1. The molecular weight excluding hydrogens is 279 g/mol. The quantitative estimate of drug-likeness (QED) is 0.865. The molecule has 0 saturated carbocycles. The molecular formula is C15H11FO3S. The van der Waals surface area contributed by atoms with Crippen LogP contribution in [0.5, 0.6) is 0 Å². The molecule has 1 aliphatic heterocycles. The van der Waals surface area contributed by atoms with E-state index in [4.69, 9.17) is 4.74 Å². The Morgan fingerprint density at radius 1 is 1.25 bits per heavy atom. The van der Waals surface area contributed by atoms with E-state index in [1.807, 2.05) is 5.38 Å². The third-order valence-corrected chi connectivity index (χ3v) is 4.01. The van der Waals surface area contributed by atoms with Gasteiger partial charge in [0.2, 0.25) is 5.79 Å². The predicted octanol–water partition coefficient (Wildman–Crippen LogP) is 3.06. The minimum Gasteiger partial charge on any atom is -0.425 e. The number of benzene rings is 1. The molecule has 0 spiro atoms. The third kappa shape index (κ3) is 1.95. The second-order valence-corrected chi connectivity index (χ2v) is 5.53. The Bertz CT molecular complexity index is 702. The number of carbonyl (C=O) groups excluding carboxylic acids is 1. The molecule has 0 radical (unpaired) electrons. The number of ether oxygens (including phenoxy) is 1. The largest absolute Gasteiger partial charge is 0.425 e. The number of aliphatic hydroxyl groups is 1. The van der Waals surface area contributed by atoms with Crippen molar-refractivity contribution in [3.8, 4) is 0 Å². The van der Waals surface area contributed by atoms with E-state index >= 15 is 0 Å². The molecule has 3 rings (SSSR count). The summed E-state index contributed by atoms with van der Waals surface area (Å²) in [6.07, 6.45) is 0. The first-order chi connectivity index (χ1) is 9.50. The van der Waals surface area contributed by atoms with Gasteiger partial charge in [0.1, 0.15) is 5.82 Å². The van der Waals surface area contributed by atoms with Gasteiger partial charge in [-0.05, 0) is 17.5 Å². The molecule has 1 aromatic heterocycles. The number of halogens is 1. The number of cyclic esters (lactones) is 1. The van der Waals surface area contributed by atoms with Gasteiger partial charge in [0.15, 0.2) is 0 Å². The van der Waals surface area contributed by atoms with E-state index in [2.05, 4.69) is 0 Å². The van der Waals surface area contributed by atoms with E-state index < -0.39 is 17.6 Å². The Balaban J connectivity index is 2.30. The average molecular weight is 290 g/mol. The fraction of sp³-hybridized carbons (Fsp3) is 0.133. The van der Waals surface area contributed by atoms with Crippen LogP contribution in [0, 0.1) is 5.82 Å². The summed E-state index contributed by atoms with van der Waals surface area (Å²) in [6.45, 7) is 1.38. The molecule has 1 aromatic carbocycles.